The van der Waals surface area contributed by atoms with E-state index in [9.17, 15) is 0 Å². The Hall–Kier alpha value is -3.11. The Morgan fingerprint density at radius 3 is 2.49 bits per heavy atom. The van der Waals surface area contributed by atoms with Crippen LogP contribution in [0.25, 0.3) is 12.2 Å². The van der Waals surface area contributed by atoms with E-state index in [1.165, 1.54) is 56.3 Å². The van der Waals surface area contributed by atoms with Gasteiger partial charge in [-0.15, -0.1) is 0 Å². The van der Waals surface area contributed by atoms with E-state index in [0.29, 0.717) is 12.5 Å². The van der Waals surface area contributed by atoms with Crippen molar-refractivity contribution in [1.82, 2.24) is 9.88 Å². The van der Waals surface area contributed by atoms with Crippen molar-refractivity contribution >= 4 is 12.2 Å². The second-order valence-electron chi connectivity index (χ2n) is 10.3. The number of hydrogen-bond acceptors (Lipinski definition) is 4. The van der Waals surface area contributed by atoms with Gasteiger partial charge in [-0.1, -0.05) is 55.0 Å². The minimum atomic E-state index is 0.0562. The van der Waals surface area contributed by atoms with E-state index in [-0.39, 0.29) is 5.60 Å². The van der Waals surface area contributed by atoms with E-state index in [1.54, 1.807) is 0 Å². The van der Waals surface area contributed by atoms with Gasteiger partial charge < -0.3 is 14.4 Å². The molecule has 1 saturated heterocycles. The van der Waals surface area contributed by atoms with Crippen LogP contribution in [-0.4, -0.2) is 34.6 Å². The number of pyridine rings is 1. The molecule has 2 aromatic carbocycles. The van der Waals surface area contributed by atoms with E-state index in [1.807, 2.05) is 36.5 Å². The highest BCUT2D eigenvalue weighted by Crippen LogP contribution is 2.41. The van der Waals surface area contributed by atoms with Gasteiger partial charge >= 0.3 is 0 Å². The van der Waals surface area contributed by atoms with E-state index >= 15 is 0 Å². The smallest absolute Gasteiger partial charge is 0.213 e. The van der Waals surface area contributed by atoms with Crippen molar-refractivity contribution in [3.8, 4) is 11.6 Å². The van der Waals surface area contributed by atoms with Gasteiger partial charge in [0.15, 0.2) is 0 Å². The lowest BCUT2D eigenvalue weighted by atomic mass is 9.81. The fourth-order valence-corrected chi connectivity index (χ4v) is 5.54. The average Bonchev–Trinajstić information content (AvgIpc) is 2.88. The van der Waals surface area contributed by atoms with Crippen molar-refractivity contribution in [2.45, 2.75) is 63.2 Å². The first kappa shape index (κ1) is 22.4. The molecule has 3 heterocycles. The highest BCUT2D eigenvalue weighted by atomic mass is 16.5. The molecular formula is C31H34N2O2. The minimum Gasteiger partial charge on any atom is -0.487 e. The molecule has 1 aliphatic carbocycles. The molecule has 3 aromatic rings. The molecule has 6 rings (SSSR count). The third kappa shape index (κ3) is 5.13. The summed E-state index contributed by atoms with van der Waals surface area (Å²) in [6.07, 6.45) is 14.9. The highest BCUT2D eigenvalue weighted by Gasteiger charge is 2.41. The number of nitrogens with zero attached hydrogens (tertiary/aromatic N) is 2. The fourth-order valence-electron chi connectivity index (χ4n) is 5.54. The third-order valence-corrected chi connectivity index (χ3v) is 8.02. The summed E-state index contributed by atoms with van der Waals surface area (Å²) in [5.74, 6) is 1.73. The van der Waals surface area contributed by atoms with Crippen LogP contribution in [0, 0.1) is 0 Å². The van der Waals surface area contributed by atoms with Crippen molar-refractivity contribution in [1.29, 1.82) is 0 Å². The Labute approximate surface area is 208 Å². The normalized spacial score (nSPS) is 19.8. The summed E-state index contributed by atoms with van der Waals surface area (Å²) < 4.78 is 12.4. The lowest BCUT2D eigenvalue weighted by Crippen LogP contribution is -2.53. The second kappa shape index (κ2) is 9.87. The van der Waals surface area contributed by atoms with Gasteiger partial charge in [-0.2, -0.15) is 0 Å². The number of aryl methyl sites for hydroxylation is 1. The Bertz CT molecular complexity index is 1160. The number of ether oxygens (including phenoxy) is 2. The van der Waals surface area contributed by atoms with Crippen LogP contribution in [0.5, 0.6) is 11.6 Å². The van der Waals surface area contributed by atoms with Crippen LogP contribution in [0.3, 0.4) is 0 Å². The van der Waals surface area contributed by atoms with E-state index in [2.05, 4.69) is 52.4 Å². The summed E-state index contributed by atoms with van der Waals surface area (Å²) in [7, 11) is 0. The Morgan fingerprint density at radius 1 is 0.943 bits per heavy atom. The third-order valence-electron chi connectivity index (χ3n) is 8.02. The SMILES string of the molecule is C(=C\c1ccc2c(c1)CCC1(CCN(C3CCC3)CC1)O2)/c1ccc(OCc2ccccc2)nc1. The second-order valence-corrected chi connectivity index (χ2v) is 10.3. The topological polar surface area (TPSA) is 34.6 Å². The summed E-state index contributed by atoms with van der Waals surface area (Å²) in [4.78, 5) is 7.16. The van der Waals surface area contributed by atoms with Gasteiger partial charge in [-0.05, 0) is 79.0 Å². The summed E-state index contributed by atoms with van der Waals surface area (Å²) >= 11 is 0. The number of piperidine rings is 1. The molecule has 0 atom stereocenters. The predicted octanol–water partition coefficient (Wildman–Crippen LogP) is 6.54. The first-order valence-electron chi connectivity index (χ1n) is 13.1. The molecule has 2 fully saturated rings. The summed E-state index contributed by atoms with van der Waals surface area (Å²) in [5.41, 5.74) is 4.79. The zero-order valence-corrected chi connectivity index (χ0v) is 20.4. The first-order chi connectivity index (χ1) is 17.2. The fraction of sp³-hybridized carbons (Fsp3) is 0.387. The monoisotopic (exact) mass is 466 g/mol. The maximum atomic E-state index is 6.65. The van der Waals surface area contributed by atoms with Crippen LogP contribution in [0.2, 0.25) is 0 Å². The van der Waals surface area contributed by atoms with Gasteiger partial charge in [0.2, 0.25) is 5.88 Å². The van der Waals surface area contributed by atoms with Gasteiger partial charge in [-0.25, -0.2) is 4.98 Å². The molecule has 4 heteroatoms. The van der Waals surface area contributed by atoms with Crippen molar-refractivity contribution in [3.05, 3.63) is 89.1 Å². The van der Waals surface area contributed by atoms with Crippen molar-refractivity contribution in [2.24, 2.45) is 0 Å². The molecule has 1 aromatic heterocycles. The van der Waals surface area contributed by atoms with Gasteiger partial charge in [-0.3, -0.25) is 0 Å². The standard InChI is InChI=1S/C31H34N2O2/c1-2-5-26(6-3-1)23-34-30-14-12-25(22-32-30)10-9-24-11-13-29-27(21-24)15-16-31(35-29)17-19-33(20-18-31)28-7-4-8-28/h1-3,5-6,9-14,21-22,28H,4,7-8,15-20,23H2/b10-9+. The van der Waals surface area contributed by atoms with Gasteiger partial charge in [0, 0.05) is 31.4 Å². The molecule has 1 saturated carbocycles. The maximum Gasteiger partial charge on any atom is 0.213 e. The van der Waals surface area contributed by atoms with Gasteiger partial charge in [0.25, 0.3) is 0 Å². The zero-order chi connectivity index (χ0) is 23.5. The molecule has 3 aliphatic rings. The van der Waals surface area contributed by atoms with Crippen molar-refractivity contribution in [2.75, 3.05) is 13.1 Å². The van der Waals surface area contributed by atoms with Crippen molar-refractivity contribution in [3.63, 3.8) is 0 Å². The number of benzene rings is 2. The maximum absolute atomic E-state index is 6.65. The molecular weight excluding hydrogens is 432 g/mol. The summed E-state index contributed by atoms with van der Waals surface area (Å²) in [5, 5.41) is 0. The van der Waals surface area contributed by atoms with E-state index < -0.39 is 0 Å². The molecule has 0 N–H and O–H groups in total. The van der Waals surface area contributed by atoms with Crippen LogP contribution in [0.1, 0.15) is 60.8 Å². The van der Waals surface area contributed by atoms with E-state index in [0.717, 1.165) is 35.8 Å². The Morgan fingerprint density at radius 2 is 1.74 bits per heavy atom. The molecule has 2 aliphatic heterocycles. The number of hydrogen-bond donors (Lipinski definition) is 0. The largest absolute Gasteiger partial charge is 0.487 e. The minimum absolute atomic E-state index is 0.0562. The van der Waals surface area contributed by atoms with E-state index in [4.69, 9.17) is 9.47 Å². The summed E-state index contributed by atoms with van der Waals surface area (Å²) in [6.45, 7) is 2.93. The van der Waals surface area contributed by atoms with Crippen LogP contribution in [0.15, 0.2) is 66.9 Å². The molecule has 0 amide bonds. The van der Waals surface area contributed by atoms with Crippen LogP contribution in [-0.2, 0) is 13.0 Å². The lowest BCUT2D eigenvalue weighted by Gasteiger charge is -2.48. The van der Waals surface area contributed by atoms with Crippen LogP contribution >= 0.6 is 0 Å². The van der Waals surface area contributed by atoms with Gasteiger partial charge in [0.1, 0.15) is 18.0 Å². The number of rotatable bonds is 6. The number of fused-ring (bicyclic) bond motifs is 1. The van der Waals surface area contributed by atoms with Gasteiger partial charge in [0.05, 0.1) is 0 Å². The summed E-state index contributed by atoms with van der Waals surface area (Å²) in [6, 6.07) is 21.6. The molecule has 180 valence electrons. The quantitative estimate of drug-likeness (QED) is 0.413. The van der Waals surface area contributed by atoms with Crippen molar-refractivity contribution < 1.29 is 9.47 Å². The molecule has 35 heavy (non-hydrogen) atoms. The predicted molar refractivity (Wildman–Crippen MR) is 141 cm³/mol. The molecule has 0 unspecified atom stereocenters. The Balaban J connectivity index is 1.05. The van der Waals surface area contributed by atoms with Crippen LogP contribution in [0.4, 0.5) is 0 Å². The molecule has 1 spiro atoms. The Kier molecular flexibility index (Phi) is 6.30. The number of likely N-dealkylation sites (tertiary alicyclic amines) is 1. The molecule has 0 radical (unpaired) electrons. The molecule has 4 nitrogen and oxygen atoms in total. The first-order valence-corrected chi connectivity index (χ1v) is 13.1. The molecule has 0 bridgehead atoms. The highest BCUT2D eigenvalue weighted by molar-refractivity contribution is 5.70. The average molecular weight is 467 g/mol. The zero-order valence-electron chi connectivity index (χ0n) is 20.4. The lowest BCUT2D eigenvalue weighted by molar-refractivity contribution is -0.0337. The van der Waals surface area contributed by atoms with Crippen LogP contribution < -0.4 is 9.47 Å². The number of aromatic nitrogens is 1.